The van der Waals surface area contributed by atoms with Gasteiger partial charge < -0.3 is 24.8 Å². The van der Waals surface area contributed by atoms with Gasteiger partial charge in [-0.05, 0) is 37.3 Å². The third kappa shape index (κ3) is 3.82. The van der Waals surface area contributed by atoms with Gasteiger partial charge in [0.05, 0.1) is 12.8 Å². The zero-order valence-corrected chi connectivity index (χ0v) is 13.9. The van der Waals surface area contributed by atoms with E-state index in [0.717, 1.165) is 0 Å². The van der Waals surface area contributed by atoms with Crippen molar-refractivity contribution >= 4 is 23.2 Å². The van der Waals surface area contributed by atoms with E-state index in [9.17, 15) is 9.59 Å². The number of benzene rings is 2. The molecule has 3 rings (SSSR count). The van der Waals surface area contributed by atoms with Gasteiger partial charge in [-0.25, -0.2) is 0 Å². The summed E-state index contributed by atoms with van der Waals surface area (Å²) in [5, 5.41) is 5.45. The molecule has 2 amide bonds. The Morgan fingerprint density at radius 2 is 2.00 bits per heavy atom. The normalized spacial score (nSPS) is 13.8. The topological polar surface area (TPSA) is 85.9 Å². The molecule has 0 radical (unpaired) electrons. The summed E-state index contributed by atoms with van der Waals surface area (Å²) in [6.45, 7) is 1.63. The van der Waals surface area contributed by atoms with E-state index in [1.165, 1.54) is 7.11 Å². The standard InChI is InChI=1S/C18H18N2O5/c1-11(25-16-6-4-3-5-15(16)23-2)18(22)19-12-7-8-14-13(9-12)20-17(21)10-24-14/h3-9,11H,10H2,1-2H3,(H,19,22)(H,20,21)/t11-/m0/s1. The molecule has 1 aliphatic heterocycles. The number of ether oxygens (including phenoxy) is 3. The Labute approximate surface area is 144 Å². The van der Waals surface area contributed by atoms with Gasteiger partial charge in [0.2, 0.25) is 0 Å². The van der Waals surface area contributed by atoms with Crippen LogP contribution in [-0.4, -0.2) is 31.6 Å². The fourth-order valence-corrected chi connectivity index (χ4v) is 2.36. The van der Waals surface area contributed by atoms with Crippen molar-refractivity contribution in [1.29, 1.82) is 0 Å². The van der Waals surface area contributed by atoms with Crippen LogP contribution in [0.2, 0.25) is 0 Å². The van der Waals surface area contributed by atoms with Crippen LogP contribution in [0.5, 0.6) is 17.2 Å². The number of carbonyl (C=O) groups excluding carboxylic acids is 2. The second-order valence-electron chi connectivity index (χ2n) is 5.45. The number of carbonyl (C=O) groups is 2. The number of hydrogen-bond acceptors (Lipinski definition) is 5. The molecule has 1 aliphatic rings. The second kappa shape index (κ2) is 7.12. The van der Waals surface area contributed by atoms with Crippen molar-refractivity contribution in [2.24, 2.45) is 0 Å². The number of amides is 2. The van der Waals surface area contributed by atoms with E-state index in [2.05, 4.69) is 10.6 Å². The van der Waals surface area contributed by atoms with Crippen LogP contribution in [0.3, 0.4) is 0 Å². The first-order chi connectivity index (χ1) is 12.1. The zero-order chi connectivity index (χ0) is 17.8. The van der Waals surface area contributed by atoms with Gasteiger partial charge in [-0.2, -0.15) is 0 Å². The molecule has 0 saturated heterocycles. The third-order valence-corrected chi connectivity index (χ3v) is 3.62. The van der Waals surface area contributed by atoms with Gasteiger partial charge in [0, 0.05) is 5.69 Å². The Hall–Kier alpha value is -3.22. The van der Waals surface area contributed by atoms with Crippen molar-refractivity contribution in [2.45, 2.75) is 13.0 Å². The van der Waals surface area contributed by atoms with Crippen molar-refractivity contribution in [1.82, 2.24) is 0 Å². The largest absolute Gasteiger partial charge is 0.493 e. The van der Waals surface area contributed by atoms with E-state index < -0.39 is 6.10 Å². The number of methoxy groups -OCH3 is 1. The SMILES string of the molecule is COc1ccccc1O[C@@H](C)C(=O)Nc1ccc2c(c1)NC(=O)CO2. The van der Waals surface area contributed by atoms with Gasteiger partial charge in [0.15, 0.2) is 24.2 Å². The van der Waals surface area contributed by atoms with Gasteiger partial charge in [0.25, 0.3) is 11.8 Å². The van der Waals surface area contributed by atoms with Gasteiger partial charge in [-0.3, -0.25) is 9.59 Å². The van der Waals surface area contributed by atoms with Crippen LogP contribution >= 0.6 is 0 Å². The molecule has 0 aromatic heterocycles. The smallest absolute Gasteiger partial charge is 0.265 e. The van der Waals surface area contributed by atoms with E-state index in [0.29, 0.717) is 28.6 Å². The van der Waals surface area contributed by atoms with Crippen molar-refractivity contribution in [3.05, 3.63) is 42.5 Å². The molecule has 130 valence electrons. The van der Waals surface area contributed by atoms with Crippen molar-refractivity contribution < 1.29 is 23.8 Å². The molecule has 2 N–H and O–H groups in total. The molecule has 0 spiro atoms. The Morgan fingerprint density at radius 1 is 1.24 bits per heavy atom. The van der Waals surface area contributed by atoms with Crippen LogP contribution < -0.4 is 24.8 Å². The lowest BCUT2D eigenvalue weighted by Gasteiger charge is -2.20. The van der Waals surface area contributed by atoms with Crippen LogP contribution in [0.4, 0.5) is 11.4 Å². The summed E-state index contributed by atoms with van der Waals surface area (Å²) < 4.78 is 16.2. The number of anilines is 2. The molecular weight excluding hydrogens is 324 g/mol. The minimum Gasteiger partial charge on any atom is -0.493 e. The van der Waals surface area contributed by atoms with Gasteiger partial charge in [-0.1, -0.05) is 12.1 Å². The molecule has 0 fully saturated rings. The maximum absolute atomic E-state index is 12.4. The lowest BCUT2D eigenvalue weighted by Crippen LogP contribution is -2.30. The van der Waals surface area contributed by atoms with Gasteiger partial charge in [-0.15, -0.1) is 0 Å². The summed E-state index contributed by atoms with van der Waals surface area (Å²) in [5.74, 6) is 1.04. The highest BCUT2D eigenvalue weighted by Gasteiger charge is 2.19. The summed E-state index contributed by atoms with van der Waals surface area (Å²) in [5.41, 5.74) is 1.05. The average Bonchev–Trinajstić information content (AvgIpc) is 2.61. The Balaban J connectivity index is 1.67. The summed E-state index contributed by atoms with van der Waals surface area (Å²) in [6.07, 6.45) is -0.738. The predicted octanol–water partition coefficient (Wildman–Crippen LogP) is 2.43. The highest BCUT2D eigenvalue weighted by Crippen LogP contribution is 2.31. The average molecular weight is 342 g/mol. The quantitative estimate of drug-likeness (QED) is 0.872. The fourth-order valence-electron chi connectivity index (χ4n) is 2.36. The second-order valence-corrected chi connectivity index (χ2v) is 5.45. The minimum atomic E-state index is -0.738. The monoisotopic (exact) mass is 342 g/mol. The lowest BCUT2D eigenvalue weighted by molar-refractivity contribution is -0.122. The number of para-hydroxylation sites is 2. The fraction of sp³-hybridized carbons (Fsp3) is 0.222. The van der Waals surface area contributed by atoms with E-state index in [1.54, 1.807) is 43.3 Å². The molecule has 1 heterocycles. The van der Waals surface area contributed by atoms with E-state index in [4.69, 9.17) is 14.2 Å². The van der Waals surface area contributed by atoms with E-state index in [-0.39, 0.29) is 18.4 Å². The highest BCUT2D eigenvalue weighted by atomic mass is 16.5. The summed E-state index contributed by atoms with van der Waals surface area (Å²) >= 11 is 0. The van der Waals surface area contributed by atoms with Crippen molar-refractivity contribution in [2.75, 3.05) is 24.4 Å². The molecule has 25 heavy (non-hydrogen) atoms. The molecular formula is C18H18N2O5. The first kappa shape index (κ1) is 16.6. The lowest BCUT2D eigenvalue weighted by atomic mass is 10.2. The molecule has 2 aromatic rings. The van der Waals surface area contributed by atoms with Gasteiger partial charge >= 0.3 is 0 Å². The van der Waals surface area contributed by atoms with Crippen molar-refractivity contribution in [3.63, 3.8) is 0 Å². The maximum atomic E-state index is 12.4. The van der Waals surface area contributed by atoms with E-state index in [1.807, 2.05) is 6.07 Å². The Morgan fingerprint density at radius 3 is 2.76 bits per heavy atom. The summed E-state index contributed by atoms with van der Waals surface area (Å²) in [6, 6.07) is 12.1. The van der Waals surface area contributed by atoms with Crippen LogP contribution in [0, 0.1) is 0 Å². The van der Waals surface area contributed by atoms with Gasteiger partial charge in [0.1, 0.15) is 5.75 Å². The first-order valence-electron chi connectivity index (χ1n) is 7.74. The number of hydrogen-bond donors (Lipinski definition) is 2. The summed E-state index contributed by atoms with van der Waals surface area (Å²) in [7, 11) is 1.54. The first-order valence-corrected chi connectivity index (χ1v) is 7.74. The number of fused-ring (bicyclic) bond motifs is 1. The summed E-state index contributed by atoms with van der Waals surface area (Å²) in [4.78, 5) is 23.7. The molecule has 0 unspecified atom stereocenters. The molecule has 7 heteroatoms. The van der Waals surface area contributed by atoms with Crippen LogP contribution in [0.25, 0.3) is 0 Å². The Bertz CT molecular complexity index is 806. The molecule has 1 atom stereocenters. The maximum Gasteiger partial charge on any atom is 0.265 e. The molecule has 0 saturated carbocycles. The highest BCUT2D eigenvalue weighted by molar-refractivity contribution is 5.98. The van der Waals surface area contributed by atoms with Crippen LogP contribution in [0.1, 0.15) is 6.92 Å². The molecule has 7 nitrogen and oxygen atoms in total. The predicted molar refractivity (Wildman–Crippen MR) is 92.3 cm³/mol. The number of rotatable bonds is 5. The molecule has 0 aliphatic carbocycles. The third-order valence-electron chi connectivity index (χ3n) is 3.62. The number of nitrogens with one attached hydrogen (secondary N) is 2. The van der Waals surface area contributed by atoms with Crippen molar-refractivity contribution in [3.8, 4) is 17.2 Å². The Kier molecular flexibility index (Phi) is 4.74. The van der Waals surface area contributed by atoms with Crippen LogP contribution in [-0.2, 0) is 9.59 Å². The minimum absolute atomic E-state index is 0.0114. The molecule has 2 aromatic carbocycles. The van der Waals surface area contributed by atoms with Crippen LogP contribution in [0.15, 0.2) is 42.5 Å². The molecule has 0 bridgehead atoms. The van der Waals surface area contributed by atoms with E-state index >= 15 is 0 Å². The zero-order valence-electron chi connectivity index (χ0n) is 13.9.